The highest BCUT2D eigenvalue weighted by Gasteiger charge is 2.44. The number of alkyl halides is 1. The first-order valence-corrected chi connectivity index (χ1v) is 21.3. The Hall–Kier alpha value is -3.60. The largest absolute Gasteiger partial charge is 0.416 e. The number of hydrogen-bond acceptors (Lipinski definition) is 9. The van der Waals surface area contributed by atoms with Crippen LogP contribution >= 0.6 is 0 Å². The van der Waals surface area contributed by atoms with E-state index in [1.54, 1.807) is 6.20 Å². The Bertz CT molecular complexity index is 1710. The molecule has 2 aliphatic rings. The Kier molecular flexibility index (Phi) is 12.1. The van der Waals surface area contributed by atoms with Gasteiger partial charge in [0.15, 0.2) is 8.32 Å². The van der Waals surface area contributed by atoms with Crippen molar-refractivity contribution in [2.75, 3.05) is 49.6 Å². The van der Waals surface area contributed by atoms with E-state index in [1.807, 2.05) is 23.1 Å². The van der Waals surface area contributed by atoms with E-state index < -0.39 is 13.7 Å². The number of anilines is 3. The Morgan fingerprint density at radius 1 is 1.25 bits per heavy atom. The molecule has 0 aliphatic carbocycles. The third-order valence-corrected chi connectivity index (χ3v) is 15.6. The number of nitrogens with one attached hydrogen (secondary N) is 1. The van der Waals surface area contributed by atoms with Crippen LogP contribution < -0.4 is 10.1 Å². The third-order valence-electron chi connectivity index (χ3n) is 11.1. The standard InChI is InChI=1S/C38H55BFN8O2Si/c1-27(2)9-10-34-33(22-43-48(34)23-28-12-16-46(17-13-28)18-14-40)45-36-42-15-11-32(44-36)29-19-30(21-41)35-31(20-29)38(6,24-47(35)39-26-49)25-50-51(7,8)37(3,4)5/h11,15,19-20,22,26-28H,9-10,12-14,16-18,23-25H2,1-8H3,(H,42,44,45)/t38-/m1/s1. The summed E-state index contributed by atoms with van der Waals surface area (Å²) in [5.74, 6) is 1.49. The molecule has 0 unspecified atom stereocenters. The maximum absolute atomic E-state index is 12.9. The molecule has 1 radical (unpaired) electrons. The molecule has 1 atom stereocenters. The van der Waals surface area contributed by atoms with Gasteiger partial charge in [0.25, 0.3) is 0 Å². The normalized spacial score (nSPS) is 18.6. The molecule has 13 heteroatoms. The Morgan fingerprint density at radius 2 is 2.00 bits per heavy atom. The van der Waals surface area contributed by atoms with Gasteiger partial charge in [0, 0.05) is 49.1 Å². The van der Waals surface area contributed by atoms with Gasteiger partial charge >= 0.3 is 7.41 Å². The molecule has 0 saturated carbocycles. The van der Waals surface area contributed by atoms with Crippen LogP contribution in [0, 0.1) is 23.2 Å². The SMILES string of the molecule is CC(C)CCc1c(Nc2nccc(-c3cc(C#N)c4c(c3)[C@@](C)(CO[Si](C)(C)C(C)(C)C)CN4[B]C=O)n2)cnn1CC1CCN(CCF)CC1. The van der Waals surface area contributed by atoms with Crippen molar-refractivity contribution >= 4 is 39.2 Å². The van der Waals surface area contributed by atoms with Gasteiger partial charge in [0.1, 0.15) is 18.9 Å². The number of rotatable bonds is 15. The molecule has 10 nitrogen and oxygen atoms in total. The van der Waals surface area contributed by atoms with Gasteiger partial charge in [-0.05, 0) is 92.5 Å². The summed E-state index contributed by atoms with van der Waals surface area (Å²) in [4.78, 5) is 25.3. The molecular formula is C38H55BFN8O2Si. The van der Waals surface area contributed by atoms with E-state index in [9.17, 15) is 14.4 Å². The number of nitriles is 1. The first-order valence-electron chi connectivity index (χ1n) is 18.4. The first kappa shape index (κ1) is 38.6. The van der Waals surface area contributed by atoms with Crippen LogP contribution in [0.3, 0.4) is 0 Å². The molecule has 0 spiro atoms. The molecular weight excluding hydrogens is 658 g/mol. The Morgan fingerprint density at radius 3 is 2.65 bits per heavy atom. The summed E-state index contributed by atoms with van der Waals surface area (Å²) < 4.78 is 21.8. The molecule has 5 rings (SSSR count). The summed E-state index contributed by atoms with van der Waals surface area (Å²) in [6.07, 6.45) is 8.36. The number of aromatic nitrogens is 4. The van der Waals surface area contributed by atoms with E-state index >= 15 is 0 Å². The number of piperidine rings is 1. The van der Waals surface area contributed by atoms with Gasteiger partial charge in [-0.3, -0.25) is 4.68 Å². The number of carbonyl (C=O) groups is 1. The predicted octanol–water partition coefficient (Wildman–Crippen LogP) is 7.13. The number of likely N-dealkylation sites (tertiary alicyclic amines) is 1. The molecule has 2 aliphatic heterocycles. The van der Waals surface area contributed by atoms with Crippen molar-refractivity contribution in [1.82, 2.24) is 24.6 Å². The molecule has 1 saturated heterocycles. The summed E-state index contributed by atoms with van der Waals surface area (Å²) in [7, 11) is -0.563. The second-order valence-corrected chi connectivity index (χ2v) is 21.3. The lowest BCUT2D eigenvalue weighted by atomic mass is 9.83. The Labute approximate surface area is 305 Å². The predicted molar refractivity (Wildman–Crippen MR) is 206 cm³/mol. The summed E-state index contributed by atoms with van der Waals surface area (Å²) in [6.45, 7) is 21.7. The van der Waals surface area contributed by atoms with Crippen LogP contribution in [-0.2, 0) is 27.6 Å². The molecule has 2 aromatic heterocycles. The average Bonchev–Trinajstić information content (AvgIpc) is 3.59. The monoisotopic (exact) mass is 713 g/mol. The van der Waals surface area contributed by atoms with Crippen LogP contribution in [-0.4, -0.2) is 86.0 Å². The summed E-state index contributed by atoms with van der Waals surface area (Å²) in [5, 5.41) is 18.7. The first-order chi connectivity index (χ1) is 24.2. The van der Waals surface area contributed by atoms with Crippen LogP contribution in [0.15, 0.2) is 30.6 Å². The van der Waals surface area contributed by atoms with Gasteiger partial charge in [0.2, 0.25) is 5.95 Å². The molecule has 273 valence electrons. The van der Waals surface area contributed by atoms with E-state index in [2.05, 4.69) is 86.7 Å². The van der Waals surface area contributed by atoms with Gasteiger partial charge < -0.3 is 24.2 Å². The van der Waals surface area contributed by atoms with E-state index in [4.69, 9.17) is 14.5 Å². The second-order valence-electron chi connectivity index (χ2n) is 16.5. The minimum atomic E-state index is -2.07. The molecule has 1 fully saturated rings. The lowest BCUT2D eigenvalue weighted by molar-refractivity contribution is 0.160. The highest BCUT2D eigenvalue weighted by atomic mass is 28.4. The van der Waals surface area contributed by atoms with Crippen molar-refractivity contribution in [3.63, 3.8) is 0 Å². The van der Waals surface area contributed by atoms with Gasteiger partial charge in [0.05, 0.1) is 28.8 Å². The van der Waals surface area contributed by atoms with Crippen LogP contribution in [0.2, 0.25) is 18.1 Å². The summed E-state index contributed by atoms with van der Waals surface area (Å²) in [6, 6.07) is 8.20. The van der Waals surface area contributed by atoms with Crippen molar-refractivity contribution in [3.8, 4) is 17.3 Å². The third kappa shape index (κ3) is 8.90. The fourth-order valence-electron chi connectivity index (χ4n) is 6.88. The minimum absolute atomic E-state index is 0.0449. The van der Waals surface area contributed by atoms with Crippen molar-refractivity contribution in [2.45, 2.75) is 97.3 Å². The topological polar surface area (TPSA) is 112 Å². The van der Waals surface area contributed by atoms with Gasteiger partial charge in [-0.15, -0.1) is 0 Å². The summed E-state index contributed by atoms with van der Waals surface area (Å²) >= 11 is 0. The number of halogens is 1. The van der Waals surface area contributed by atoms with Crippen LogP contribution in [0.25, 0.3) is 11.3 Å². The molecule has 3 aromatic rings. The Balaban J connectivity index is 1.43. The zero-order chi connectivity index (χ0) is 37.0. The molecule has 1 aromatic carbocycles. The van der Waals surface area contributed by atoms with Gasteiger partial charge in [-0.25, -0.2) is 14.4 Å². The lowest BCUT2D eigenvalue weighted by Crippen LogP contribution is -2.46. The second kappa shape index (κ2) is 16.0. The zero-order valence-electron chi connectivity index (χ0n) is 31.8. The average molecular weight is 714 g/mol. The molecule has 1 N–H and O–H groups in total. The fourth-order valence-corrected chi connectivity index (χ4v) is 7.99. The maximum atomic E-state index is 12.9. The van der Waals surface area contributed by atoms with Crippen molar-refractivity contribution in [1.29, 1.82) is 5.26 Å². The number of hydrogen-bond donors (Lipinski definition) is 1. The fraction of sp³-hybridized carbons (Fsp3) is 0.605. The van der Waals surface area contributed by atoms with Gasteiger partial charge in [-0.2, -0.15) is 10.4 Å². The van der Waals surface area contributed by atoms with Crippen LogP contribution in [0.5, 0.6) is 0 Å². The number of fused-ring (bicyclic) bond motifs is 1. The number of nitrogens with zero attached hydrogens (tertiary/aromatic N) is 7. The highest BCUT2D eigenvalue weighted by molar-refractivity contribution is 6.74. The minimum Gasteiger partial charge on any atom is -0.416 e. The van der Waals surface area contributed by atoms with E-state index in [0.717, 1.165) is 79.7 Å². The maximum Gasteiger partial charge on any atom is 0.329 e. The summed E-state index contributed by atoms with van der Waals surface area (Å²) in [5.41, 5.74) is 5.26. The smallest absolute Gasteiger partial charge is 0.329 e. The molecule has 0 bridgehead atoms. The van der Waals surface area contributed by atoms with Crippen molar-refractivity contribution in [3.05, 3.63) is 47.4 Å². The van der Waals surface area contributed by atoms with Crippen LogP contribution in [0.4, 0.5) is 21.7 Å². The van der Waals surface area contributed by atoms with Crippen molar-refractivity contribution < 1.29 is 13.6 Å². The molecule has 4 heterocycles. The van der Waals surface area contributed by atoms with Gasteiger partial charge in [-0.1, -0.05) is 41.5 Å². The zero-order valence-corrected chi connectivity index (χ0v) is 32.8. The highest BCUT2D eigenvalue weighted by Crippen LogP contribution is 2.46. The van der Waals surface area contributed by atoms with E-state index in [0.29, 0.717) is 48.7 Å². The van der Waals surface area contributed by atoms with Crippen molar-refractivity contribution in [2.24, 2.45) is 11.8 Å². The van der Waals surface area contributed by atoms with E-state index in [-0.39, 0.29) is 11.7 Å². The van der Waals surface area contributed by atoms with E-state index in [1.165, 1.54) is 7.41 Å². The number of carbonyl (C=O) groups excluding carboxylic acids is 1. The molecule has 51 heavy (non-hydrogen) atoms. The van der Waals surface area contributed by atoms with Crippen LogP contribution in [0.1, 0.15) is 77.6 Å². The molecule has 0 amide bonds. The quantitative estimate of drug-likeness (QED) is 0.130. The number of benzene rings is 1. The lowest BCUT2D eigenvalue weighted by Gasteiger charge is -2.39.